The van der Waals surface area contributed by atoms with Gasteiger partial charge in [0.25, 0.3) is 5.91 Å². The van der Waals surface area contributed by atoms with Crippen LogP contribution in [0.15, 0.2) is 24.3 Å². The fourth-order valence-electron chi connectivity index (χ4n) is 3.79. The summed E-state index contributed by atoms with van der Waals surface area (Å²) in [4.78, 5) is 39.9. The number of nitrogens with zero attached hydrogens (tertiary/aromatic N) is 1. The van der Waals surface area contributed by atoms with Gasteiger partial charge in [-0.05, 0) is 48.8 Å². The first kappa shape index (κ1) is 24.7. The van der Waals surface area contributed by atoms with Crippen molar-refractivity contribution in [1.82, 2.24) is 15.5 Å². The van der Waals surface area contributed by atoms with E-state index in [1.165, 1.54) is 0 Å². The Morgan fingerprint density at radius 3 is 2.35 bits per heavy atom. The normalized spacial score (nSPS) is 15.6. The van der Waals surface area contributed by atoms with Crippen molar-refractivity contribution in [3.8, 4) is 5.75 Å². The number of piperidine rings is 1. The molecule has 7 nitrogen and oxygen atoms in total. The van der Waals surface area contributed by atoms with Crippen LogP contribution in [0.5, 0.6) is 5.75 Å². The Bertz CT molecular complexity index is 755. The fourth-order valence-corrected chi connectivity index (χ4v) is 3.79. The third-order valence-electron chi connectivity index (χ3n) is 5.49. The van der Waals surface area contributed by atoms with Crippen LogP contribution < -0.4 is 15.4 Å². The third kappa shape index (κ3) is 7.56. The van der Waals surface area contributed by atoms with Gasteiger partial charge in [-0.3, -0.25) is 14.4 Å². The quantitative estimate of drug-likeness (QED) is 0.629. The number of carbonyl (C=O) groups is 3. The van der Waals surface area contributed by atoms with Crippen molar-refractivity contribution in [2.45, 2.75) is 53.0 Å². The van der Waals surface area contributed by atoms with Crippen LogP contribution in [-0.4, -0.2) is 55.4 Å². The molecule has 1 atom stereocenters. The van der Waals surface area contributed by atoms with Gasteiger partial charge in [0.15, 0.2) is 0 Å². The van der Waals surface area contributed by atoms with Gasteiger partial charge in [0.1, 0.15) is 11.8 Å². The Balaban J connectivity index is 2.03. The number of methoxy groups -OCH3 is 1. The van der Waals surface area contributed by atoms with E-state index in [0.717, 1.165) is 0 Å². The first-order valence-corrected chi connectivity index (χ1v) is 11.2. The molecule has 2 N–H and O–H groups in total. The van der Waals surface area contributed by atoms with Gasteiger partial charge in [0.05, 0.1) is 7.11 Å². The molecule has 2 rings (SSSR count). The highest BCUT2D eigenvalue weighted by molar-refractivity contribution is 5.94. The summed E-state index contributed by atoms with van der Waals surface area (Å²) in [6, 6.07) is 6.56. The maximum atomic E-state index is 12.9. The number of likely N-dealkylation sites (tertiary alicyclic amines) is 1. The SMILES string of the molecule is COc1cccc(C(=O)N2CCC([C@@H](NC(=O)CC(C)C)C(=O)NCC(C)C)CC2)c1. The monoisotopic (exact) mass is 431 g/mol. The van der Waals surface area contributed by atoms with Gasteiger partial charge in [0.2, 0.25) is 11.8 Å². The molecule has 0 radical (unpaired) electrons. The Hall–Kier alpha value is -2.57. The summed E-state index contributed by atoms with van der Waals surface area (Å²) in [5, 5.41) is 5.92. The van der Waals surface area contributed by atoms with Crippen molar-refractivity contribution < 1.29 is 19.1 Å². The zero-order valence-corrected chi connectivity index (χ0v) is 19.4. The van der Waals surface area contributed by atoms with Crippen LogP contribution in [0, 0.1) is 17.8 Å². The summed E-state index contributed by atoms with van der Waals surface area (Å²) in [5.74, 6) is 0.924. The van der Waals surface area contributed by atoms with E-state index in [1.807, 2.05) is 38.7 Å². The van der Waals surface area contributed by atoms with Crippen LogP contribution in [0.3, 0.4) is 0 Å². The third-order valence-corrected chi connectivity index (χ3v) is 5.49. The van der Waals surface area contributed by atoms with E-state index in [0.29, 0.717) is 56.1 Å². The van der Waals surface area contributed by atoms with E-state index >= 15 is 0 Å². The lowest BCUT2D eigenvalue weighted by molar-refractivity contribution is -0.131. The lowest BCUT2D eigenvalue weighted by atomic mass is 9.88. The summed E-state index contributed by atoms with van der Waals surface area (Å²) in [7, 11) is 1.58. The largest absolute Gasteiger partial charge is 0.497 e. The summed E-state index contributed by atoms with van der Waals surface area (Å²) in [6.45, 7) is 9.71. The number of hydrogen-bond donors (Lipinski definition) is 2. The zero-order valence-electron chi connectivity index (χ0n) is 19.4. The van der Waals surface area contributed by atoms with Crippen LogP contribution in [0.25, 0.3) is 0 Å². The smallest absolute Gasteiger partial charge is 0.253 e. The van der Waals surface area contributed by atoms with Crippen molar-refractivity contribution in [3.05, 3.63) is 29.8 Å². The predicted octanol–water partition coefficient (Wildman–Crippen LogP) is 2.85. The van der Waals surface area contributed by atoms with E-state index in [2.05, 4.69) is 10.6 Å². The molecule has 1 aromatic carbocycles. The van der Waals surface area contributed by atoms with Crippen LogP contribution >= 0.6 is 0 Å². The summed E-state index contributed by atoms with van der Waals surface area (Å²) >= 11 is 0. The van der Waals surface area contributed by atoms with Crippen molar-refractivity contribution in [1.29, 1.82) is 0 Å². The summed E-state index contributed by atoms with van der Waals surface area (Å²) in [5.41, 5.74) is 0.592. The zero-order chi connectivity index (χ0) is 23.0. The van der Waals surface area contributed by atoms with E-state index in [-0.39, 0.29) is 29.6 Å². The van der Waals surface area contributed by atoms with E-state index in [1.54, 1.807) is 25.3 Å². The molecule has 3 amide bonds. The van der Waals surface area contributed by atoms with E-state index in [9.17, 15) is 14.4 Å². The number of hydrogen-bond acceptors (Lipinski definition) is 4. The Morgan fingerprint density at radius 1 is 1.10 bits per heavy atom. The van der Waals surface area contributed by atoms with Crippen LogP contribution in [0.4, 0.5) is 0 Å². The molecule has 172 valence electrons. The molecule has 0 aromatic heterocycles. The Labute approximate surface area is 185 Å². The van der Waals surface area contributed by atoms with Gasteiger partial charge in [-0.25, -0.2) is 0 Å². The van der Waals surface area contributed by atoms with E-state index in [4.69, 9.17) is 4.74 Å². The topological polar surface area (TPSA) is 87.7 Å². The molecular formula is C24H37N3O4. The van der Waals surface area contributed by atoms with Crippen molar-refractivity contribution in [2.75, 3.05) is 26.7 Å². The number of nitrogens with one attached hydrogen (secondary N) is 2. The van der Waals surface area contributed by atoms with Gasteiger partial charge >= 0.3 is 0 Å². The molecule has 0 aliphatic carbocycles. The molecule has 0 spiro atoms. The van der Waals surface area contributed by atoms with Crippen LogP contribution in [-0.2, 0) is 9.59 Å². The van der Waals surface area contributed by atoms with Gasteiger partial charge in [0, 0.05) is 31.6 Å². The highest BCUT2D eigenvalue weighted by atomic mass is 16.5. The molecule has 0 bridgehead atoms. The summed E-state index contributed by atoms with van der Waals surface area (Å²) in [6.07, 6.45) is 1.72. The number of ether oxygens (including phenoxy) is 1. The molecule has 0 unspecified atom stereocenters. The second-order valence-corrected chi connectivity index (χ2v) is 9.14. The molecule has 1 heterocycles. The van der Waals surface area contributed by atoms with Gasteiger partial charge in [-0.15, -0.1) is 0 Å². The first-order valence-electron chi connectivity index (χ1n) is 11.2. The second-order valence-electron chi connectivity index (χ2n) is 9.14. The molecule has 1 aliphatic rings. The minimum Gasteiger partial charge on any atom is -0.497 e. The molecule has 1 saturated heterocycles. The highest BCUT2D eigenvalue weighted by Gasteiger charge is 2.34. The van der Waals surface area contributed by atoms with E-state index < -0.39 is 6.04 Å². The minimum absolute atomic E-state index is 0.00219. The average Bonchev–Trinajstić information content (AvgIpc) is 2.75. The first-order chi connectivity index (χ1) is 14.7. The number of amides is 3. The average molecular weight is 432 g/mol. The maximum Gasteiger partial charge on any atom is 0.253 e. The van der Waals surface area contributed by atoms with Gasteiger partial charge in [-0.2, -0.15) is 0 Å². The van der Waals surface area contributed by atoms with Crippen LogP contribution in [0.1, 0.15) is 57.3 Å². The molecule has 1 fully saturated rings. The molecular weight excluding hydrogens is 394 g/mol. The minimum atomic E-state index is -0.570. The van der Waals surface area contributed by atoms with Crippen molar-refractivity contribution in [3.63, 3.8) is 0 Å². The molecule has 7 heteroatoms. The number of benzene rings is 1. The molecule has 0 saturated carbocycles. The van der Waals surface area contributed by atoms with Crippen LogP contribution in [0.2, 0.25) is 0 Å². The highest BCUT2D eigenvalue weighted by Crippen LogP contribution is 2.24. The maximum absolute atomic E-state index is 12.9. The summed E-state index contributed by atoms with van der Waals surface area (Å²) < 4.78 is 5.22. The second kappa shape index (κ2) is 11.7. The molecule has 1 aromatic rings. The number of rotatable bonds is 9. The van der Waals surface area contributed by atoms with Gasteiger partial charge < -0.3 is 20.3 Å². The molecule has 31 heavy (non-hydrogen) atoms. The molecule has 1 aliphatic heterocycles. The Morgan fingerprint density at radius 2 is 1.77 bits per heavy atom. The lowest BCUT2D eigenvalue weighted by Gasteiger charge is -2.36. The number of carbonyl (C=O) groups excluding carboxylic acids is 3. The standard InChI is InChI=1S/C24H37N3O4/c1-16(2)13-21(28)26-22(23(29)25-15-17(3)4)18-9-11-27(12-10-18)24(30)19-7-6-8-20(14-19)31-5/h6-8,14,16-18,22H,9-13,15H2,1-5H3,(H,25,29)(H,26,28)/t22-/m1/s1. The van der Waals surface area contributed by atoms with Crippen molar-refractivity contribution in [2.24, 2.45) is 17.8 Å². The predicted molar refractivity (Wildman–Crippen MR) is 121 cm³/mol. The van der Waals surface area contributed by atoms with Gasteiger partial charge in [-0.1, -0.05) is 33.8 Å². The fraction of sp³-hybridized carbons (Fsp3) is 0.625. The lowest BCUT2D eigenvalue weighted by Crippen LogP contribution is -2.54. The van der Waals surface area contributed by atoms with Crippen molar-refractivity contribution >= 4 is 17.7 Å². The Kier molecular flexibility index (Phi) is 9.34.